The minimum Gasteiger partial charge on any atom is -0.478 e. The third-order valence-corrected chi connectivity index (χ3v) is 2.96. The second kappa shape index (κ2) is 4.73. The van der Waals surface area contributed by atoms with Gasteiger partial charge in [-0.05, 0) is 51.2 Å². The molecule has 0 saturated heterocycles. The van der Waals surface area contributed by atoms with Gasteiger partial charge in [0.1, 0.15) is 11.4 Å². The van der Waals surface area contributed by atoms with Gasteiger partial charge >= 0.3 is 5.97 Å². The molecular weight excluding hydrogens is 216 g/mol. The van der Waals surface area contributed by atoms with Crippen LogP contribution in [0.4, 0.5) is 5.82 Å². The summed E-state index contributed by atoms with van der Waals surface area (Å²) in [5, 5.41) is 12.3. The van der Waals surface area contributed by atoms with Crippen LogP contribution in [0.2, 0.25) is 0 Å². The van der Waals surface area contributed by atoms with Crippen LogP contribution in [-0.4, -0.2) is 22.1 Å². The third kappa shape index (κ3) is 2.57. The highest BCUT2D eigenvalue weighted by atomic mass is 16.4. The number of nitrogens with zero attached hydrogens (tertiary/aromatic N) is 1. The van der Waals surface area contributed by atoms with Crippen LogP contribution in [0.1, 0.15) is 48.3 Å². The van der Waals surface area contributed by atoms with E-state index in [0.717, 1.165) is 36.9 Å². The highest BCUT2D eigenvalue weighted by Gasteiger charge is 2.18. The number of hydrogen-bond acceptors (Lipinski definition) is 3. The fraction of sp³-hybridized carbons (Fsp3) is 0.538. The molecule has 1 aliphatic carbocycles. The highest BCUT2D eigenvalue weighted by Crippen LogP contribution is 2.25. The molecule has 0 spiro atoms. The van der Waals surface area contributed by atoms with Crippen molar-refractivity contribution in [1.82, 2.24) is 4.98 Å². The van der Waals surface area contributed by atoms with E-state index in [-0.39, 0.29) is 6.04 Å². The van der Waals surface area contributed by atoms with Gasteiger partial charge in [0, 0.05) is 11.7 Å². The Kier molecular flexibility index (Phi) is 3.31. The molecule has 2 N–H and O–H groups in total. The zero-order valence-electron chi connectivity index (χ0n) is 10.3. The molecule has 1 heterocycles. The van der Waals surface area contributed by atoms with Crippen molar-refractivity contribution < 1.29 is 9.90 Å². The largest absolute Gasteiger partial charge is 0.478 e. The molecule has 0 saturated carbocycles. The van der Waals surface area contributed by atoms with Crippen LogP contribution in [0, 0.1) is 0 Å². The summed E-state index contributed by atoms with van der Waals surface area (Å²) in [6.07, 6.45) is 4.19. The summed E-state index contributed by atoms with van der Waals surface area (Å²) in [5.41, 5.74) is 2.45. The van der Waals surface area contributed by atoms with Crippen LogP contribution in [0.3, 0.4) is 0 Å². The van der Waals surface area contributed by atoms with Crippen molar-refractivity contribution >= 4 is 11.8 Å². The molecule has 0 fully saturated rings. The average molecular weight is 234 g/mol. The first-order valence-corrected chi connectivity index (χ1v) is 6.10. The van der Waals surface area contributed by atoms with Crippen molar-refractivity contribution in [2.75, 3.05) is 5.32 Å². The van der Waals surface area contributed by atoms with Crippen LogP contribution in [0.5, 0.6) is 0 Å². The second-order valence-corrected chi connectivity index (χ2v) is 4.80. The van der Waals surface area contributed by atoms with Gasteiger partial charge in [-0.2, -0.15) is 0 Å². The van der Waals surface area contributed by atoms with E-state index in [1.54, 1.807) is 6.07 Å². The lowest BCUT2D eigenvalue weighted by Gasteiger charge is -2.19. The van der Waals surface area contributed by atoms with E-state index in [1.165, 1.54) is 0 Å². The summed E-state index contributed by atoms with van der Waals surface area (Å²) in [5.74, 6) is -0.401. The normalized spacial score (nSPS) is 14.5. The lowest BCUT2D eigenvalue weighted by atomic mass is 9.94. The van der Waals surface area contributed by atoms with E-state index in [1.807, 2.05) is 13.8 Å². The van der Waals surface area contributed by atoms with Crippen LogP contribution in [0.15, 0.2) is 6.07 Å². The lowest BCUT2D eigenvalue weighted by Crippen LogP contribution is -2.18. The minimum absolute atomic E-state index is 0.183. The molecule has 0 aromatic carbocycles. The molecule has 1 aromatic rings. The maximum Gasteiger partial charge on any atom is 0.339 e. The molecule has 4 heteroatoms. The van der Waals surface area contributed by atoms with Crippen molar-refractivity contribution in [3.8, 4) is 0 Å². The van der Waals surface area contributed by atoms with Crippen molar-refractivity contribution in [3.63, 3.8) is 0 Å². The van der Waals surface area contributed by atoms with E-state index in [2.05, 4.69) is 10.3 Å². The number of pyridine rings is 1. The molecule has 17 heavy (non-hydrogen) atoms. The highest BCUT2D eigenvalue weighted by molar-refractivity contribution is 5.93. The van der Waals surface area contributed by atoms with Gasteiger partial charge in [-0.15, -0.1) is 0 Å². The number of carboxylic acids is 1. The molecule has 0 radical (unpaired) electrons. The van der Waals surface area contributed by atoms with E-state index in [0.29, 0.717) is 11.4 Å². The monoisotopic (exact) mass is 234 g/mol. The Hall–Kier alpha value is -1.58. The third-order valence-electron chi connectivity index (χ3n) is 2.96. The smallest absolute Gasteiger partial charge is 0.339 e. The van der Waals surface area contributed by atoms with Gasteiger partial charge in [0.25, 0.3) is 0 Å². The standard InChI is InChI=1S/C13H18N2O2/c1-8(2)14-12-10(13(16)17)7-9-5-3-4-6-11(9)15-12/h7-8H,3-6H2,1-2H3,(H,14,15)(H,16,17). The van der Waals surface area contributed by atoms with Crippen molar-refractivity contribution in [3.05, 3.63) is 22.9 Å². The Morgan fingerprint density at radius 1 is 1.41 bits per heavy atom. The van der Waals surface area contributed by atoms with E-state index in [4.69, 9.17) is 0 Å². The number of carbonyl (C=O) groups is 1. The summed E-state index contributed by atoms with van der Waals surface area (Å²) in [7, 11) is 0. The Labute approximate surface area is 101 Å². The zero-order valence-corrected chi connectivity index (χ0v) is 10.3. The van der Waals surface area contributed by atoms with Crippen molar-refractivity contribution in [2.45, 2.75) is 45.6 Å². The quantitative estimate of drug-likeness (QED) is 0.843. The maximum atomic E-state index is 11.2. The molecular formula is C13H18N2O2. The zero-order chi connectivity index (χ0) is 12.4. The summed E-state index contributed by atoms with van der Waals surface area (Å²) in [6.45, 7) is 3.96. The molecule has 0 aliphatic heterocycles. The van der Waals surface area contributed by atoms with Crippen molar-refractivity contribution in [1.29, 1.82) is 0 Å². The number of nitrogens with one attached hydrogen (secondary N) is 1. The summed E-state index contributed by atoms with van der Waals surface area (Å²) >= 11 is 0. The predicted octanol–water partition coefficient (Wildman–Crippen LogP) is 2.48. The van der Waals surface area contributed by atoms with E-state index in [9.17, 15) is 9.90 Å². The molecule has 92 valence electrons. The average Bonchev–Trinajstić information content (AvgIpc) is 2.27. The second-order valence-electron chi connectivity index (χ2n) is 4.80. The number of aromatic nitrogens is 1. The number of carboxylic acid groups (broad SMARTS) is 1. The van der Waals surface area contributed by atoms with Crippen LogP contribution in [-0.2, 0) is 12.8 Å². The molecule has 0 unspecified atom stereocenters. The number of anilines is 1. The number of rotatable bonds is 3. The maximum absolute atomic E-state index is 11.2. The summed E-state index contributed by atoms with van der Waals surface area (Å²) < 4.78 is 0. The number of hydrogen-bond donors (Lipinski definition) is 2. The molecule has 0 bridgehead atoms. The fourth-order valence-electron chi connectivity index (χ4n) is 2.18. The SMILES string of the molecule is CC(C)Nc1nc2c(cc1C(=O)O)CCCC2. The predicted molar refractivity (Wildman–Crippen MR) is 66.6 cm³/mol. The van der Waals surface area contributed by atoms with E-state index < -0.39 is 5.97 Å². The summed E-state index contributed by atoms with van der Waals surface area (Å²) in [6, 6.07) is 1.97. The summed E-state index contributed by atoms with van der Waals surface area (Å²) in [4.78, 5) is 15.7. The van der Waals surface area contributed by atoms with Gasteiger partial charge in [-0.25, -0.2) is 9.78 Å². The number of fused-ring (bicyclic) bond motifs is 1. The molecule has 1 aromatic heterocycles. The van der Waals surface area contributed by atoms with Gasteiger partial charge in [-0.1, -0.05) is 0 Å². The Morgan fingerprint density at radius 2 is 2.12 bits per heavy atom. The first-order valence-electron chi connectivity index (χ1n) is 6.10. The molecule has 1 aliphatic rings. The van der Waals surface area contributed by atoms with Gasteiger partial charge in [0.2, 0.25) is 0 Å². The minimum atomic E-state index is -0.908. The van der Waals surface area contributed by atoms with Gasteiger partial charge in [0.15, 0.2) is 0 Å². The van der Waals surface area contributed by atoms with Crippen LogP contribution in [0.25, 0.3) is 0 Å². The Bertz CT molecular complexity index is 441. The number of aromatic carboxylic acids is 1. The van der Waals surface area contributed by atoms with Crippen molar-refractivity contribution in [2.24, 2.45) is 0 Å². The van der Waals surface area contributed by atoms with Gasteiger partial charge in [-0.3, -0.25) is 0 Å². The first kappa shape index (κ1) is 11.9. The van der Waals surface area contributed by atoms with Crippen LogP contribution >= 0.6 is 0 Å². The molecule has 0 atom stereocenters. The molecule has 4 nitrogen and oxygen atoms in total. The lowest BCUT2D eigenvalue weighted by molar-refractivity contribution is 0.0697. The fourth-order valence-corrected chi connectivity index (χ4v) is 2.18. The molecule has 2 rings (SSSR count). The van der Waals surface area contributed by atoms with E-state index >= 15 is 0 Å². The number of aryl methyl sites for hydroxylation is 2. The Morgan fingerprint density at radius 3 is 2.76 bits per heavy atom. The van der Waals surface area contributed by atoms with Gasteiger partial charge < -0.3 is 10.4 Å². The first-order chi connectivity index (χ1) is 8.08. The Balaban J connectivity index is 2.44. The topological polar surface area (TPSA) is 62.2 Å². The van der Waals surface area contributed by atoms with Gasteiger partial charge in [0.05, 0.1) is 0 Å². The molecule has 0 amide bonds. The van der Waals surface area contributed by atoms with Crippen LogP contribution < -0.4 is 5.32 Å².